The molecule has 1 fully saturated rings. The van der Waals surface area contributed by atoms with Gasteiger partial charge in [-0.05, 0) is 29.5 Å². The molecule has 0 aromatic heterocycles. The standard InChI is InChI=1S/C14H19NO2/c1-14(2,3)12-7-5-11(6-8-12)13(16)15-9-4-10-17-15/h5-8H,4,9-10H2,1-3H3. The van der Waals surface area contributed by atoms with Crippen LogP contribution in [-0.4, -0.2) is 24.1 Å². The average molecular weight is 233 g/mol. The van der Waals surface area contributed by atoms with Gasteiger partial charge >= 0.3 is 0 Å². The fourth-order valence-electron chi connectivity index (χ4n) is 1.86. The van der Waals surface area contributed by atoms with Crippen molar-refractivity contribution < 1.29 is 9.63 Å². The lowest BCUT2D eigenvalue weighted by atomic mass is 9.87. The monoisotopic (exact) mass is 233 g/mol. The van der Waals surface area contributed by atoms with E-state index in [2.05, 4.69) is 20.8 Å². The van der Waals surface area contributed by atoms with Gasteiger partial charge < -0.3 is 0 Å². The largest absolute Gasteiger partial charge is 0.277 e. The van der Waals surface area contributed by atoms with Crippen molar-refractivity contribution in [1.82, 2.24) is 5.06 Å². The van der Waals surface area contributed by atoms with Gasteiger partial charge in [-0.25, -0.2) is 5.06 Å². The minimum atomic E-state index is -0.0389. The van der Waals surface area contributed by atoms with E-state index in [4.69, 9.17) is 4.84 Å². The van der Waals surface area contributed by atoms with E-state index in [9.17, 15) is 4.79 Å². The maximum atomic E-state index is 12.0. The lowest BCUT2D eigenvalue weighted by Gasteiger charge is -2.19. The molecule has 0 aliphatic carbocycles. The molecule has 0 bridgehead atoms. The Morgan fingerprint density at radius 3 is 2.35 bits per heavy atom. The topological polar surface area (TPSA) is 29.5 Å². The van der Waals surface area contributed by atoms with E-state index in [-0.39, 0.29) is 11.3 Å². The molecule has 0 unspecified atom stereocenters. The minimum Gasteiger partial charge on any atom is -0.271 e. The summed E-state index contributed by atoms with van der Waals surface area (Å²) in [6.07, 6.45) is 0.922. The number of hydrogen-bond donors (Lipinski definition) is 0. The molecule has 92 valence electrons. The van der Waals surface area contributed by atoms with Gasteiger partial charge in [-0.3, -0.25) is 9.63 Å². The SMILES string of the molecule is CC(C)(C)c1ccc(C(=O)N2CCCO2)cc1. The number of hydroxylamine groups is 2. The molecule has 1 amide bonds. The van der Waals surface area contributed by atoms with Crippen molar-refractivity contribution in [3.05, 3.63) is 35.4 Å². The first kappa shape index (κ1) is 12.1. The molecular formula is C14H19NO2. The molecule has 0 N–H and O–H groups in total. The first-order valence-electron chi connectivity index (χ1n) is 6.04. The predicted molar refractivity (Wildman–Crippen MR) is 66.7 cm³/mol. The summed E-state index contributed by atoms with van der Waals surface area (Å²) in [5.41, 5.74) is 2.04. The van der Waals surface area contributed by atoms with Gasteiger partial charge in [-0.15, -0.1) is 0 Å². The van der Waals surface area contributed by atoms with Crippen LogP contribution in [0.4, 0.5) is 0 Å². The number of amides is 1. The Kier molecular flexibility index (Phi) is 3.20. The molecule has 1 aromatic rings. The molecular weight excluding hydrogens is 214 g/mol. The zero-order chi connectivity index (χ0) is 12.5. The van der Waals surface area contributed by atoms with Gasteiger partial charge in [-0.2, -0.15) is 0 Å². The molecule has 0 radical (unpaired) electrons. The molecule has 1 aliphatic rings. The highest BCUT2D eigenvalue weighted by Gasteiger charge is 2.21. The molecule has 2 rings (SSSR count). The Morgan fingerprint density at radius 1 is 1.24 bits per heavy atom. The maximum Gasteiger partial charge on any atom is 0.277 e. The number of benzene rings is 1. The van der Waals surface area contributed by atoms with Crippen molar-refractivity contribution >= 4 is 5.91 Å². The van der Waals surface area contributed by atoms with E-state index in [0.29, 0.717) is 18.7 Å². The summed E-state index contributed by atoms with van der Waals surface area (Å²) < 4.78 is 0. The maximum absolute atomic E-state index is 12.0. The van der Waals surface area contributed by atoms with Gasteiger partial charge in [-0.1, -0.05) is 32.9 Å². The summed E-state index contributed by atoms with van der Waals surface area (Å²) >= 11 is 0. The van der Waals surface area contributed by atoms with Crippen molar-refractivity contribution in [2.24, 2.45) is 0 Å². The highest BCUT2D eigenvalue weighted by atomic mass is 16.7. The molecule has 0 spiro atoms. The Morgan fingerprint density at radius 2 is 1.88 bits per heavy atom. The second-order valence-corrected chi connectivity index (χ2v) is 5.42. The number of carbonyl (C=O) groups is 1. The summed E-state index contributed by atoms with van der Waals surface area (Å²) in [7, 11) is 0. The fourth-order valence-corrected chi connectivity index (χ4v) is 1.86. The first-order chi connectivity index (χ1) is 7.98. The van der Waals surface area contributed by atoms with Crippen LogP contribution in [0.1, 0.15) is 43.1 Å². The lowest BCUT2D eigenvalue weighted by Crippen LogP contribution is -2.26. The number of carbonyl (C=O) groups excluding carboxylic acids is 1. The average Bonchev–Trinajstić information content (AvgIpc) is 2.80. The van der Waals surface area contributed by atoms with Gasteiger partial charge in [0.25, 0.3) is 5.91 Å². The zero-order valence-electron chi connectivity index (χ0n) is 10.7. The van der Waals surface area contributed by atoms with E-state index in [1.807, 2.05) is 24.3 Å². The summed E-state index contributed by atoms with van der Waals surface area (Å²) in [5.74, 6) is -0.0389. The second-order valence-electron chi connectivity index (χ2n) is 5.42. The van der Waals surface area contributed by atoms with Crippen molar-refractivity contribution in [2.75, 3.05) is 13.2 Å². The van der Waals surface area contributed by atoms with Gasteiger partial charge in [0.05, 0.1) is 13.2 Å². The molecule has 1 heterocycles. The molecule has 1 saturated heterocycles. The number of hydrogen-bond acceptors (Lipinski definition) is 2. The first-order valence-corrected chi connectivity index (χ1v) is 6.04. The Hall–Kier alpha value is -1.35. The minimum absolute atomic E-state index is 0.0389. The van der Waals surface area contributed by atoms with E-state index in [1.54, 1.807) is 0 Å². The van der Waals surface area contributed by atoms with Crippen LogP contribution in [0.3, 0.4) is 0 Å². The van der Waals surface area contributed by atoms with Gasteiger partial charge in [0.15, 0.2) is 0 Å². The molecule has 0 saturated carbocycles. The van der Waals surface area contributed by atoms with Crippen LogP contribution in [0.5, 0.6) is 0 Å². The summed E-state index contributed by atoms with van der Waals surface area (Å²) in [4.78, 5) is 17.3. The van der Waals surface area contributed by atoms with Crippen LogP contribution >= 0.6 is 0 Å². The third-order valence-electron chi connectivity index (χ3n) is 2.98. The number of rotatable bonds is 1. The van der Waals surface area contributed by atoms with E-state index in [0.717, 1.165) is 6.42 Å². The molecule has 3 nitrogen and oxygen atoms in total. The van der Waals surface area contributed by atoms with E-state index >= 15 is 0 Å². The lowest BCUT2D eigenvalue weighted by molar-refractivity contribution is -0.0768. The van der Waals surface area contributed by atoms with E-state index in [1.165, 1.54) is 10.6 Å². The predicted octanol–water partition coefficient (Wildman–Crippen LogP) is 2.76. The van der Waals surface area contributed by atoms with Crippen LogP contribution < -0.4 is 0 Å². The quantitative estimate of drug-likeness (QED) is 0.746. The molecule has 1 aromatic carbocycles. The van der Waals surface area contributed by atoms with Crippen LogP contribution in [0.2, 0.25) is 0 Å². The van der Waals surface area contributed by atoms with Crippen molar-refractivity contribution in [2.45, 2.75) is 32.6 Å². The van der Waals surface area contributed by atoms with Crippen LogP contribution in [0.15, 0.2) is 24.3 Å². The fraction of sp³-hybridized carbons (Fsp3) is 0.500. The van der Waals surface area contributed by atoms with Crippen LogP contribution in [-0.2, 0) is 10.3 Å². The Labute approximate surface area is 102 Å². The smallest absolute Gasteiger partial charge is 0.271 e. The zero-order valence-corrected chi connectivity index (χ0v) is 10.7. The molecule has 3 heteroatoms. The highest BCUT2D eigenvalue weighted by molar-refractivity contribution is 5.93. The third kappa shape index (κ3) is 2.67. The number of nitrogens with zero attached hydrogens (tertiary/aromatic N) is 1. The van der Waals surface area contributed by atoms with Crippen LogP contribution in [0, 0.1) is 0 Å². The van der Waals surface area contributed by atoms with Gasteiger partial charge in [0.1, 0.15) is 0 Å². The van der Waals surface area contributed by atoms with Crippen LogP contribution in [0.25, 0.3) is 0 Å². The highest BCUT2D eigenvalue weighted by Crippen LogP contribution is 2.22. The van der Waals surface area contributed by atoms with Gasteiger partial charge in [0.2, 0.25) is 0 Å². The summed E-state index contributed by atoms with van der Waals surface area (Å²) in [5, 5.41) is 1.45. The molecule has 0 atom stereocenters. The van der Waals surface area contributed by atoms with Crippen molar-refractivity contribution in [1.29, 1.82) is 0 Å². The normalized spacial score (nSPS) is 16.3. The Balaban J connectivity index is 2.15. The Bertz CT molecular complexity index is 397. The van der Waals surface area contributed by atoms with Gasteiger partial charge in [0, 0.05) is 5.56 Å². The third-order valence-corrected chi connectivity index (χ3v) is 2.98. The summed E-state index contributed by atoms with van der Waals surface area (Å²) in [6.45, 7) is 7.82. The molecule has 1 aliphatic heterocycles. The molecule has 17 heavy (non-hydrogen) atoms. The van der Waals surface area contributed by atoms with Crippen molar-refractivity contribution in [3.8, 4) is 0 Å². The second kappa shape index (κ2) is 4.49. The van der Waals surface area contributed by atoms with E-state index < -0.39 is 0 Å². The van der Waals surface area contributed by atoms with Crippen molar-refractivity contribution in [3.63, 3.8) is 0 Å². The summed E-state index contributed by atoms with van der Waals surface area (Å²) in [6, 6.07) is 7.79.